The highest BCUT2D eigenvalue weighted by molar-refractivity contribution is 5.96. The summed E-state index contributed by atoms with van der Waals surface area (Å²) in [6.45, 7) is 0.143. The van der Waals surface area contributed by atoms with Crippen LogP contribution in [0.15, 0.2) is 54.6 Å². The van der Waals surface area contributed by atoms with Crippen molar-refractivity contribution in [3.8, 4) is 0 Å². The number of nitrogens with two attached hydrogens (primary N) is 1. The summed E-state index contributed by atoms with van der Waals surface area (Å²) in [7, 11) is 0. The lowest BCUT2D eigenvalue weighted by Gasteiger charge is -2.30. The molecule has 2 amide bonds. The maximum atomic E-state index is 13.9. The fourth-order valence-corrected chi connectivity index (χ4v) is 3.57. The lowest BCUT2D eigenvalue weighted by Crippen LogP contribution is -2.49. The van der Waals surface area contributed by atoms with E-state index in [9.17, 15) is 22.8 Å². The first-order chi connectivity index (χ1) is 13.7. The van der Waals surface area contributed by atoms with E-state index in [-0.39, 0.29) is 25.1 Å². The Labute approximate surface area is 166 Å². The van der Waals surface area contributed by atoms with E-state index in [4.69, 9.17) is 5.73 Å². The van der Waals surface area contributed by atoms with Gasteiger partial charge in [0.25, 0.3) is 0 Å². The molecule has 1 fully saturated rings. The molecule has 8 heteroatoms. The lowest BCUT2D eigenvalue weighted by atomic mass is 9.85. The summed E-state index contributed by atoms with van der Waals surface area (Å²) in [4.78, 5) is 25.3. The number of benzene rings is 2. The second-order valence-electron chi connectivity index (χ2n) is 7.32. The Morgan fingerprint density at radius 2 is 1.69 bits per heavy atom. The number of halogens is 3. The first kappa shape index (κ1) is 20.9. The van der Waals surface area contributed by atoms with Gasteiger partial charge in [-0.3, -0.25) is 14.5 Å². The molecule has 0 radical (unpaired) electrons. The Bertz CT molecular complexity index is 869. The predicted molar refractivity (Wildman–Crippen MR) is 103 cm³/mol. The Balaban J connectivity index is 1.73. The molecule has 1 aliphatic heterocycles. The molecule has 154 valence electrons. The molecule has 1 aliphatic rings. The predicted octanol–water partition coefficient (Wildman–Crippen LogP) is 3.11. The quantitative estimate of drug-likeness (QED) is 0.776. The molecule has 0 saturated carbocycles. The van der Waals surface area contributed by atoms with Gasteiger partial charge >= 0.3 is 6.18 Å². The van der Waals surface area contributed by atoms with Crippen LogP contribution in [-0.2, 0) is 22.6 Å². The molecule has 2 aromatic rings. The number of rotatable bonds is 6. The van der Waals surface area contributed by atoms with Gasteiger partial charge in [0.05, 0.1) is 6.42 Å². The third-order valence-corrected chi connectivity index (χ3v) is 5.16. The van der Waals surface area contributed by atoms with E-state index in [0.29, 0.717) is 12.1 Å². The molecule has 1 atom stereocenters. The average molecular weight is 405 g/mol. The maximum Gasteiger partial charge on any atom is 0.404 e. The second kappa shape index (κ2) is 8.24. The molecule has 3 N–H and O–H groups in total. The number of hydrogen-bond acceptors (Lipinski definition) is 3. The number of primary amides is 1. The number of carbonyl (C=O) groups is 2. The zero-order valence-electron chi connectivity index (χ0n) is 15.7. The van der Waals surface area contributed by atoms with Crippen molar-refractivity contribution in [2.24, 2.45) is 11.1 Å². The Morgan fingerprint density at radius 1 is 1.03 bits per heavy atom. The molecule has 29 heavy (non-hydrogen) atoms. The summed E-state index contributed by atoms with van der Waals surface area (Å²) in [6.07, 6.45) is -4.95. The molecular formula is C21H22F3N3O2. The summed E-state index contributed by atoms with van der Waals surface area (Å²) in [5.74, 6) is -1.58. The number of likely N-dealkylation sites (tertiary alicyclic amines) is 1. The van der Waals surface area contributed by atoms with Crippen LogP contribution in [0.5, 0.6) is 0 Å². The minimum Gasteiger partial charge on any atom is -0.369 e. The average Bonchev–Trinajstić information content (AvgIpc) is 3.09. The van der Waals surface area contributed by atoms with Crippen LogP contribution in [0.1, 0.15) is 17.5 Å². The van der Waals surface area contributed by atoms with Gasteiger partial charge in [0.15, 0.2) is 5.41 Å². The molecular weight excluding hydrogens is 383 g/mol. The van der Waals surface area contributed by atoms with Crippen molar-refractivity contribution >= 4 is 17.5 Å². The van der Waals surface area contributed by atoms with E-state index in [1.165, 1.54) is 12.1 Å². The van der Waals surface area contributed by atoms with Gasteiger partial charge in [-0.2, -0.15) is 13.2 Å². The number of amides is 2. The lowest BCUT2D eigenvalue weighted by molar-refractivity contribution is -0.215. The fraction of sp³-hybridized carbons (Fsp3) is 0.333. The highest BCUT2D eigenvalue weighted by Gasteiger charge is 2.62. The Hall–Kier alpha value is -2.87. The molecule has 5 nitrogen and oxygen atoms in total. The van der Waals surface area contributed by atoms with E-state index in [2.05, 4.69) is 5.32 Å². The van der Waals surface area contributed by atoms with Crippen LogP contribution in [0, 0.1) is 5.41 Å². The zero-order valence-corrected chi connectivity index (χ0v) is 15.7. The summed E-state index contributed by atoms with van der Waals surface area (Å²) in [5.41, 5.74) is 4.42. The highest BCUT2D eigenvalue weighted by atomic mass is 19.4. The first-order valence-electron chi connectivity index (χ1n) is 9.21. The maximum absolute atomic E-state index is 13.9. The SMILES string of the molecule is NC(=O)Cc1ccc(NC(=O)C2(C(F)(F)F)CCN(Cc3ccccc3)C2)cc1. The standard InChI is InChI=1S/C21H22F3N3O2/c22-21(23,24)20(10-11-27(14-20)13-16-4-2-1-3-5-16)19(29)26-17-8-6-15(7-9-17)12-18(25)28/h1-9H,10-14H2,(H2,25,28)(H,26,29). The van der Waals surface area contributed by atoms with Gasteiger partial charge in [-0.25, -0.2) is 0 Å². The summed E-state index contributed by atoms with van der Waals surface area (Å²) >= 11 is 0. The van der Waals surface area contributed by atoms with Gasteiger partial charge in [-0.05, 0) is 36.2 Å². The van der Waals surface area contributed by atoms with Crippen molar-refractivity contribution in [2.75, 3.05) is 18.4 Å². The van der Waals surface area contributed by atoms with E-state index in [0.717, 1.165) is 5.56 Å². The van der Waals surface area contributed by atoms with E-state index in [1.54, 1.807) is 17.0 Å². The molecule has 1 unspecified atom stereocenters. The van der Waals surface area contributed by atoms with Gasteiger partial charge in [-0.15, -0.1) is 0 Å². The van der Waals surface area contributed by atoms with Gasteiger partial charge < -0.3 is 11.1 Å². The number of carbonyl (C=O) groups excluding carboxylic acids is 2. The van der Waals surface area contributed by atoms with Gasteiger partial charge in [0, 0.05) is 18.8 Å². The first-order valence-corrected chi connectivity index (χ1v) is 9.21. The van der Waals surface area contributed by atoms with Gasteiger partial charge in [0.1, 0.15) is 0 Å². The molecule has 1 heterocycles. The van der Waals surface area contributed by atoms with Crippen molar-refractivity contribution in [1.29, 1.82) is 0 Å². The van der Waals surface area contributed by atoms with Crippen LogP contribution in [0.2, 0.25) is 0 Å². The van der Waals surface area contributed by atoms with Crippen molar-refractivity contribution < 1.29 is 22.8 Å². The van der Waals surface area contributed by atoms with E-state index >= 15 is 0 Å². The summed E-state index contributed by atoms with van der Waals surface area (Å²) in [6, 6.07) is 15.2. The largest absolute Gasteiger partial charge is 0.404 e. The minimum absolute atomic E-state index is 0.0230. The van der Waals surface area contributed by atoms with E-state index < -0.39 is 30.0 Å². The molecule has 3 rings (SSSR count). The van der Waals surface area contributed by atoms with Crippen molar-refractivity contribution in [1.82, 2.24) is 4.90 Å². The van der Waals surface area contributed by atoms with Crippen LogP contribution >= 0.6 is 0 Å². The third-order valence-electron chi connectivity index (χ3n) is 5.16. The number of nitrogens with zero attached hydrogens (tertiary/aromatic N) is 1. The van der Waals surface area contributed by atoms with E-state index in [1.807, 2.05) is 30.3 Å². The molecule has 0 aliphatic carbocycles. The highest BCUT2D eigenvalue weighted by Crippen LogP contribution is 2.46. The van der Waals surface area contributed by atoms with Gasteiger partial charge in [-0.1, -0.05) is 42.5 Å². The minimum atomic E-state index is -4.67. The molecule has 0 bridgehead atoms. The normalized spacial score (nSPS) is 19.8. The molecule has 2 aromatic carbocycles. The molecule has 0 spiro atoms. The molecule has 1 saturated heterocycles. The van der Waals surface area contributed by atoms with Crippen LogP contribution in [0.3, 0.4) is 0 Å². The van der Waals surface area contributed by atoms with Crippen LogP contribution < -0.4 is 11.1 Å². The van der Waals surface area contributed by atoms with Crippen molar-refractivity contribution in [3.63, 3.8) is 0 Å². The Morgan fingerprint density at radius 3 is 2.28 bits per heavy atom. The zero-order chi connectivity index (χ0) is 21.1. The number of hydrogen-bond donors (Lipinski definition) is 2. The van der Waals surface area contributed by atoms with Crippen LogP contribution in [0.25, 0.3) is 0 Å². The fourth-order valence-electron chi connectivity index (χ4n) is 3.57. The number of nitrogens with one attached hydrogen (secondary N) is 1. The summed E-state index contributed by atoms with van der Waals surface area (Å²) in [5, 5.41) is 2.39. The third kappa shape index (κ3) is 4.76. The molecule has 0 aromatic heterocycles. The van der Waals surface area contributed by atoms with Crippen molar-refractivity contribution in [2.45, 2.75) is 25.6 Å². The Kier molecular flexibility index (Phi) is 5.93. The van der Waals surface area contributed by atoms with Crippen molar-refractivity contribution in [3.05, 3.63) is 65.7 Å². The second-order valence-corrected chi connectivity index (χ2v) is 7.32. The van der Waals surface area contributed by atoms with Gasteiger partial charge in [0.2, 0.25) is 11.8 Å². The number of alkyl halides is 3. The monoisotopic (exact) mass is 405 g/mol. The van der Waals surface area contributed by atoms with Crippen LogP contribution in [-0.4, -0.2) is 36.0 Å². The van der Waals surface area contributed by atoms with Crippen LogP contribution in [0.4, 0.5) is 18.9 Å². The summed E-state index contributed by atoms with van der Waals surface area (Å²) < 4.78 is 41.8. The number of anilines is 1. The smallest absolute Gasteiger partial charge is 0.369 e. The topological polar surface area (TPSA) is 75.4 Å².